The number of rotatable bonds is 7. The van der Waals surface area contributed by atoms with Gasteiger partial charge in [-0.05, 0) is 36.8 Å². The molecule has 0 heterocycles. The number of nitrogens with one attached hydrogen (secondary N) is 1. The average molecular weight is 362 g/mol. The Labute approximate surface area is 149 Å². The number of carbonyl (C=O) groups excluding carboxylic acids is 1. The molecule has 2 aromatic carbocycles. The maximum atomic E-state index is 12.0. The first kappa shape index (κ1) is 18.4. The molecule has 0 atom stereocenters. The summed E-state index contributed by atoms with van der Waals surface area (Å²) >= 11 is 5.95. The molecule has 7 nitrogen and oxygen atoms in total. The lowest BCUT2D eigenvalue weighted by molar-refractivity contribution is -0.384. The lowest BCUT2D eigenvalue weighted by Gasteiger charge is -2.05. The molecule has 2 aromatic rings. The van der Waals surface area contributed by atoms with E-state index < -0.39 is 10.8 Å². The number of benzene rings is 2. The third kappa shape index (κ3) is 5.29. The highest BCUT2D eigenvalue weighted by atomic mass is 35.5. The Balaban J connectivity index is 2.00. The molecule has 1 amide bonds. The van der Waals surface area contributed by atoms with Crippen molar-refractivity contribution in [2.24, 2.45) is 5.10 Å². The van der Waals surface area contributed by atoms with E-state index in [1.54, 1.807) is 24.3 Å². The van der Waals surface area contributed by atoms with E-state index in [-0.39, 0.29) is 5.69 Å². The van der Waals surface area contributed by atoms with Crippen LogP contribution in [-0.2, 0) is 0 Å². The molecule has 25 heavy (non-hydrogen) atoms. The molecule has 0 aliphatic rings. The number of hydrogen-bond donors (Lipinski definition) is 1. The van der Waals surface area contributed by atoms with Gasteiger partial charge >= 0.3 is 0 Å². The summed E-state index contributed by atoms with van der Waals surface area (Å²) in [7, 11) is 0. The number of carbonyl (C=O) groups is 1. The van der Waals surface area contributed by atoms with Gasteiger partial charge in [0, 0.05) is 28.3 Å². The van der Waals surface area contributed by atoms with Crippen molar-refractivity contribution in [2.45, 2.75) is 13.3 Å². The van der Waals surface area contributed by atoms with Crippen molar-refractivity contribution in [1.29, 1.82) is 0 Å². The van der Waals surface area contributed by atoms with Gasteiger partial charge in [0.25, 0.3) is 11.6 Å². The molecule has 0 saturated heterocycles. The predicted octanol–water partition coefficient (Wildman–Crippen LogP) is 3.80. The topological polar surface area (TPSA) is 93.8 Å². The van der Waals surface area contributed by atoms with Crippen LogP contribution in [0.25, 0.3) is 0 Å². The number of nitrogens with zero attached hydrogens (tertiary/aromatic N) is 2. The highest BCUT2D eigenvalue weighted by Gasteiger charge is 2.09. The van der Waals surface area contributed by atoms with Gasteiger partial charge in [-0.15, -0.1) is 0 Å². The van der Waals surface area contributed by atoms with Crippen molar-refractivity contribution in [3.05, 3.63) is 68.7 Å². The van der Waals surface area contributed by atoms with E-state index in [1.807, 2.05) is 6.92 Å². The molecular formula is C17H16ClN3O4. The minimum atomic E-state index is -0.533. The molecule has 130 valence electrons. The fraction of sp³-hybridized carbons (Fsp3) is 0.176. The Bertz CT molecular complexity index is 791. The molecule has 1 N–H and O–H groups in total. The smallest absolute Gasteiger partial charge is 0.271 e. The zero-order chi connectivity index (χ0) is 18.2. The standard InChI is InChI=1S/C17H16ClN3O4/c1-2-9-25-15-6-3-12(4-7-15)17(22)20-19-11-13-10-14(21(23)24)5-8-16(13)18/h3-8,10-11H,2,9H2,1H3,(H,20,22)/b19-11-. The monoisotopic (exact) mass is 361 g/mol. The highest BCUT2D eigenvalue weighted by molar-refractivity contribution is 6.33. The summed E-state index contributed by atoms with van der Waals surface area (Å²) in [5.74, 6) is 0.269. The van der Waals surface area contributed by atoms with E-state index >= 15 is 0 Å². The van der Waals surface area contributed by atoms with Crippen LogP contribution in [0.3, 0.4) is 0 Å². The molecular weight excluding hydrogens is 346 g/mol. The van der Waals surface area contributed by atoms with Crippen LogP contribution in [0.4, 0.5) is 5.69 Å². The SMILES string of the molecule is CCCOc1ccc(C(=O)N/N=C\c2cc([N+](=O)[O-])ccc2Cl)cc1. The highest BCUT2D eigenvalue weighted by Crippen LogP contribution is 2.20. The lowest BCUT2D eigenvalue weighted by atomic mass is 10.2. The van der Waals surface area contributed by atoms with Gasteiger partial charge in [0.05, 0.1) is 17.7 Å². The first-order chi connectivity index (χ1) is 12.0. The summed E-state index contributed by atoms with van der Waals surface area (Å²) in [4.78, 5) is 22.2. The zero-order valence-electron chi connectivity index (χ0n) is 13.4. The largest absolute Gasteiger partial charge is 0.494 e. The Hall–Kier alpha value is -2.93. The van der Waals surface area contributed by atoms with Crippen LogP contribution in [-0.4, -0.2) is 23.7 Å². The van der Waals surface area contributed by atoms with E-state index in [0.717, 1.165) is 6.42 Å². The molecule has 0 aliphatic heterocycles. The maximum absolute atomic E-state index is 12.0. The molecule has 0 aromatic heterocycles. The van der Waals surface area contributed by atoms with Crippen molar-refractivity contribution < 1.29 is 14.5 Å². The van der Waals surface area contributed by atoms with Crippen LogP contribution in [0.2, 0.25) is 5.02 Å². The number of non-ortho nitro benzene ring substituents is 1. The summed E-state index contributed by atoms with van der Waals surface area (Å²) in [6.45, 7) is 2.62. The number of halogens is 1. The lowest BCUT2D eigenvalue weighted by Crippen LogP contribution is -2.17. The quantitative estimate of drug-likeness (QED) is 0.461. The molecule has 0 radical (unpaired) electrons. The average Bonchev–Trinajstić information content (AvgIpc) is 2.61. The molecule has 0 fully saturated rings. The second kappa shape index (κ2) is 8.79. The molecule has 0 bridgehead atoms. The van der Waals surface area contributed by atoms with E-state index in [1.165, 1.54) is 24.4 Å². The number of hydrogen-bond acceptors (Lipinski definition) is 5. The predicted molar refractivity (Wildman–Crippen MR) is 95.4 cm³/mol. The molecule has 0 aliphatic carbocycles. The Morgan fingerprint density at radius 1 is 1.32 bits per heavy atom. The third-order valence-electron chi connectivity index (χ3n) is 3.15. The molecule has 8 heteroatoms. The van der Waals surface area contributed by atoms with Gasteiger partial charge in [-0.3, -0.25) is 14.9 Å². The summed E-state index contributed by atoms with van der Waals surface area (Å²) in [6.07, 6.45) is 2.16. The third-order valence-corrected chi connectivity index (χ3v) is 3.49. The first-order valence-electron chi connectivity index (χ1n) is 7.51. The first-order valence-corrected chi connectivity index (χ1v) is 7.89. The fourth-order valence-electron chi connectivity index (χ4n) is 1.89. The van der Waals surface area contributed by atoms with Gasteiger partial charge in [-0.2, -0.15) is 5.10 Å². The second-order valence-electron chi connectivity index (χ2n) is 5.03. The van der Waals surface area contributed by atoms with Crippen molar-refractivity contribution >= 4 is 29.4 Å². The van der Waals surface area contributed by atoms with Crippen LogP contribution in [0.1, 0.15) is 29.3 Å². The Kier molecular flexibility index (Phi) is 6.47. The van der Waals surface area contributed by atoms with Crippen LogP contribution in [0.15, 0.2) is 47.6 Å². The van der Waals surface area contributed by atoms with Gasteiger partial charge in [-0.25, -0.2) is 5.43 Å². The van der Waals surface area contributed by atoms with Crippen LogP contribution >= 0.6 is 11.6 Å². The minimum absolute atomic E-state index is 0.111. The molecule has 0 spiro atoms. The Morgan fingerprint density at radius 3 is 2.68 bits per heavy atom. The minimum Gasteiger partial charge on any atom is -0.494 e. The van der Waals surface area contributed by atoms with E-state index in [2.05, 4.69) is 10.5 Å². The van der Waals surface area contributed by atoms with Gasteiger partial charge in [0.15, 0.2) is 0 Å². The fourth-order valence-corrected chi connectivity index (χ4v) is 2.06. The van der Waals surface area contributed by atoms with Crippen LogP contribution in [0.5, 0.6) is 5.75 Å². The molecule has 0 saturated carbocycles. The van der Waals surface area contributed by atoms with Crippen molar-refractivity contribution in [2.75, 3.05) is 6.61 Å². The summed E-state index contributed by atoms with van der Waals surface area (Å²) in [6, 6.07) is 10.6. The van der Waals surface area contributed by atoms with E-state index in [0.29, 0.717) is 28.5 Å². The second-order valence-corrected chi connectivity index (χ2v) is 5.44. The molecule has 2 rings (SSSR count). The van der Waals surface area contributed by atoms with E-state index in [4.69, 9.17) is 16.3 Å². The number of amides is 1. The number of nitro groups is 1. The summed E-state index contributed by atoms with van der Waals surface area (Å²) < 4.78 is 5.44. The molecule has 0 unspecified atom stereocenters. The summed E-state index contributed by atoms with van der Waals surface area (Å²) in [5, 5.41) is 14.8. The normalized spacial score (nSPS) is 10.6. The maximum Gasteiger partial charge on any atom is 0.271 e. The number of ether oxygens (including phenoxy) is 1. The van der Waals surface area contributed by atoms with Gasteiger partial charge in [-0.1, -0.05) is 18.5 Å². The zero-order valence-corrected chi connectivity index (χ0v) is 14.2. The van der Waals surface area contributed by atoms with E-state index in [9.17, 15) is 14.9 Å². The summed E-state index contributed by atoms with van der Waals surface area (Å²) in [5.41, 5.74) is 2.98. The number of hydrazone groups is 1. The van der Waals surface area contributed by atoms with Crippen molar-refractivity contribution in [3.63, 3.8) is 0 Å². The van der Waals surface area contributed by atoms with Gasteiger partial charge in [0.1, 0.15) is 5.75 Å². The van der Waals surface area contributed by atoms with Crippen LogP contribution < -0.4 is 10.2 Å². The Morgan fingerprint density at radius 2 is 2.04 bits per heavy atom. The van der Waals surface area contributed by atoms with Gasteiger partial charge < -0.3 is 4.74 Å². The number of nitro benzene ring substituents is 1. The van der Waals surface area contributed by atoms with Crippen LogP contribution in [0, 0.1) is 10.1 Å². The van der Waals surface area contributed by atoms with Crippen molar-refractivity contribution in [1.82, 2.24) is 5.43 Å². The van der Waals surface area contributed by atoms with Gasteiger partial charge in [0.2, 0.25) is 0 Å². The van der Waals surface area contributed by atoms with Crippen molar-refractivity contribution in [3.8, 4) is 5.75 Å².